The fourth-order valence-corrected chi connectivity index (χ4v) is 3.21. The van der Waals surface area contributed by atoms with Gasteiger partial charge in [0.1, 0.15) is 0 Å². The molecule has 2 aliphatic heterocycles. The molecule has 3 atom stereocenters. The van der Waals surface area contributed by atoms with Crippen LogP contribution in [-0.4, -0.2) is 40.1 Å². The summed E-state index contributed by atoms with van der Waals surface area (Å²) >= 11 is 0. The Labute approximate surface area is 96.7 Å². The summed E-state index contributed by atoms with van der Waals surface area (Å²) in [7, 11) is 2.07. The maximum atomic E-state index is 4.18. The van der Waals surface area contributed by atoms with Crippen LogP contribution in [0.2, 0.25) is 0 Å². The van der Waals surface area contributed by atoms with Gasteiger partial charge < -0.3 is 9.88 Å². The lowest BCUT2D eigenvalue weighted by Crippen LogP contribution is -2.33. The molecule has 2 saturated heterocycles. The van der Waals surface area contributed by atoms with Crippen LogP contribution in [0.3, 0.4) is 0 Å². The molecule has 0 spiro atoms. The summed E-state index contributed by atoms with van der Waals surface area (Å²) in [4.78, 5) is 6.79. The summed E-state index contributed by atoms with van der Waals surface area (Å²) in [5.74, 6) is 1.72. The van der Waals surface area contributed by atoms with Crippen LogP contribution in [0.15, 0.2) is 12.5 Å². The van der Waals surface area contributed by atoms with Gasteiger partial charge in [0.15, 0.2) is 0 Å². The zero-order valence-corrected chi connectivity index (χ0v) is 10.1. The Morgan fingerprint density at radius 2 is 2.38 bits per heavy atom. The molecule has 3 rings (SSSR count). The molecule has 1 N–H and O–H groups in total. The van der Waals surface area contributed by atoms with E-state index in [1.165, 1.54) is 25.3 Å². The van der Waals surface area contributed by atoms with Crippen molar-refractivity contribution < 1.29 is 0 Å². The molecule has 16 heavy (non-hydrogen) atoms. The maximum absolute atomic E-state index is 4.18. The third-order valence-corrected chi connectivity index (χ3v) is 4.34. The number of fused-ring (bicyclic) bond motifs is 1. The number of hydrogen-bond acceptors (Lipinski definition) is 3. The van der Waals surface area contributed by atoms with Crippen molar-refractivity contribution in [3.05, 3.63) is 18.2 Å². The van der Waals surface area contributed by atoms with Gasteiger partial charge in [-0.2, -0.15) is 0 Å². The molecule has 0 saturated carbocycles. The Kier molecular flexibility index (Phi) is 2.48. The van der Waals surface area contributed by atoms with Gasteiger partial charge in [-0.15, -0.1) is 0 Å². The Morgan fingerprint density at radius 3 is 3.06 bits per heavy atom. The second-order valence-corrected chi connectivity index (χ2v) is 5.25. The molecule has 0 radical (unpaired) electrons. The van der Waals surface area contributed by atoms with E-state index in [0.717, 1.165) is 18.4 Å². The number of aromatic nitrogens is 2. The highest BCUT2D eigenvalue weighted by Gasteiger charge is 2.41. The molecule has 0 aliphatic carbocycles. The second-order valence-electron chi connectivity index (χ2n) is 5.25. The predicted molar refractivity (Wildman–Crippen MR) is 62.9 cm³/mol. The van der Waals surface area contributed by atoms with E-state index in [9.17, 15) is 0 Å². The second kappa shape index (κ2) is 3.86. The molecule has 4 heteroatoms. The lowest BCUT2D eigenvalue weighted by Gasteiger charge is -2.24. The van der Waals surface area contributed by atoms with Crippen LogP contribution < -0.4 is 5.32 Å². The summed E-state index contributed by atoms with van der Waals surface area (Å²) in [6.07, 6.45) is 3.87. The molecule has 88 valence electrons. The van der Waals surface area contributed by atoms with Crippen molar-refractivity contribution in [2.45, 2.75) is 19.5 Å². The van der Waals surface area contributed by atoms with Gasteiger partial charge in [0.2, 0.25) is 0 Å². The van der Waals surface area contributed by atoms with Gasteiger partial charge >= 0.3 is 0 Å². The van der Waals surface area contributed by atoms with Crippen LogP contribution in [0.5, 0.6) is 0 Å². The highest BCUT2D eigenvalue weighted by Crippen LogP contribution is 2.32. The molecular weight excluding hydrogens is 200 g/mol. The molecular formula is C12H20N4. The average molecular weight is 220 g/mol. The van der Waals surface area contributed by atoms with Gasteiger partial charge in [-0.1, -0.05) is 0 Å². The van der Waals surface area contributed by atoms with E-state index in [1.807, 2.05) is 12.5 Å². The van der Waals surface area contributed by atoms with E-state index in [-0.39, 0.29) is 0 Å². The summed E-state index contributed by atoms with van der Waals surface area (Å²) in [6.45, 7) is 7.06. The van der Waals surface area contributed by atoms with Crippen LogP contribution in [0.4, 0.5) is 0 Å². The van der Waals surface area contributed by atoms with E-state index in [4.69, 9.17) is 0 Å². The van der Waals surface area contributed by atoms with Crippen LogP contribution in [0.1, 0.15) is 12.6 Å². The quantitative estimate of drug-likeness (QED) is 0.786. The van der Waals surface area contributed by atoms with Crippen LogP contribution in [-0.2, 0) is 13.6 Å². The number of rotatable bonds is 2. The SMILES string of the molecule is CC1C2CNCC2CN1Cc1cncn1C. The number of nitrogens with one attached hydrogen (secondary N) is 1. The van der Waals surface area contributed by atoms with E-state index < -0.39 is 0 Å². The Hall–Kier alpha value is -0.870. The summed E-state index contributed by atoms with van der Waals surface area (Å²) in [6, 6.07) is 0.704. The van der Waals surface area contributed by atoms with Crippen molar-refractivity contribution in [3.8, 4) is 0 Å². The first-order valence-electron chi connectivity index (χ1n) is 6.15. The molecule has 4 nitrogen and oxygen atoms in total. The Balaban J connectivity index is 1.71. The monoisotopic (exact) mass is 220 g/mol. The van der Waals surface area contributed by atoms with Crippen molar-refractivity contribution in [2.75, 3.05) is 19.6 Å². The number of aryl methyl sites for hydroxylation is 1. The van der Waals surface area contributed by atoms with Crippen molar-refractivity contribution in [1.82, 2.24) is 19.8 Å². The van der Waals surface area contributed by atoms with Gasteiger partial charge in [0.05, 0.1) is 12.0 Å². The third kappa shape index (κ3) is 1.57. The third-order valence-electron chi connectivity index (χ3n) is 4.34. The first kappa shape index (κ1) is 10.3. The number of hydrogen-bond donors (Lipinski definition) is 1. The van der Waals surface area contributed by atoms with Gasteiger partial charge in [-0.05, 0) is 31.8 Å². The zero-order chi connectivity index (χ0) is 11.1. The summed E-state index contributed by atoms with van der Waals surface area (Å²) < 4.78 is 2.12. The topological polar surface area (TPSA) is 33.1 Å². The van der Waals surface area contributed by atoms with Gasteiger partial charge in [-0.25, -0.2) is 4.98 Å². The number of nitrogens with zero attached hydrogens (tertiary/aromatic N) is 3. The Bertz CT molecular complexity index is 373. The molecule has 1 aromatic rings. The summed E-state index contributed by atoms with van der Waals surface area (Å²) in [5, 5.41) is 3.50. The fraction of sp³-hybridized carbons (Fsp3) is 0.750. The van der Waals surface area contributed by atoms with Crippen LogP contribution >= 0.6 is 0 Å². The first-order valence-corrected chi connectivity index (χ1v) is 6.15. The number of imidazole rings is 1. The minimum Gasteiger partial charge on any atom is -0.337 e. The van der Waals surface area contributed by atoms with Gasteiger partial charge in [-0.3, -0.25) is 4.90 Å². The predicted octanol–water partition coefficient (Wildman–Crippen LogP) is 0.460. The fourth-order valence-electron chi connectivity index (χ4n) is 3.21. The minimum atomic E-state index is 0.704. The Morgan fingerprint density at radius 1 is 1.50 bits per heavy atom. The summed E-state index contributed by atoms with van der Waals surface area (Å²) in [5.41, 5.74) is 1.32. The smallest absolute Gasteiger partial charge is 0.0945 e. The highest BCUT2D eigenvalue weighted by molar-refractivity contribution is 5.02. The van der Waals surface area contributed by atoms with E-state index in [2.05, 4.69) is 33.7 Å². The molecule has 2 aliphatic rings. The molecule has 1 aromatic heterocycles. The zero-order valence-electron chi connectivity index (χ0n) is 10.1. The molecule has 0 bridgehead atoms. The van der Waals surface area contributed by atoms with Crippen molar-refractivity contribution in [2.24, 2.45) is 18.9 Å². The highest BCUT2D eigenvalue weighted by atomic mass is 15.2. The van der Waals surface area contributed by atoms with Crippen LogP contribution in [0.25, 0.3) is 0 Å². The molecule has 2 fully saturated rings. The largest absolute Gasteiger partial charge is 0.337 e. The van der Waals surface area contributed by atoms with Crippen LogP contribution in [0, 0.1) is 11.8 Å². The molecule has 0 amide bonds. The molecule has 0 aromatic carbocycles. The normalized spacial score (nSPS) is 34.5. The standard InChI is InChI=1S/C12H20N4/c1-9-12-5-13-3-10(12)6-16(9)7-11-4-14-8-15(11)2/h4,8-10,12-13H,3,5-7H2,1-2H3. The van der Waals surface area contributed by atoms with E-state index in [0.29, 0.717) is 6.04 Å². The molecule has 3 unspecified atom stereocenters. The van der Waals surface area contributed by atoms with Gasteiger partial charge in [0.25, 0.3) is 0 Å². The van der Waals surface area contributed by atoms with E-state index >= 15 is 0 Å². The lowest BCUT2D eigenvalue weighted by molar-refractivity contribution is 0.227. The first-order chi connectivity index (χ1) is 7.75. The van der Waals surface area contributed by atoms with Gasteiger partial charge in [0, 0.05) is 32.4 Å². The van der Waals surface area contributed by atoms with Crippen molar-refractivity contribution in [1.29, 1.82) is 0 Å². The average Bonchev–Trinajstić information content (AvgIpc) is 2.91. The van der Waals surface area contributed by atoms with Crippen molar-refractivity contribution >= 4 is 0 Å². The van der Waals surface area contributed by atoms with Crippen molar-refractivity contribution in [3.63, 3.8) is 0 Å². The van der Waals surface area contributed by atoms with E-state index in [1.54, 1.807) is 0 Å². The maximum Gasteiger partial charge on any atom is 0.0945 e. The minimum absolute atomic E-state index is 0.704. The lowest BCUT2D eigenvalue weighted by atomic mass is 9.95. The molecule has 3 heterocycles. The number of likely N-dealkylation sites (tertiary alicyclic amines) is 1.